The number of nitrogens with two attached hydrogens (primary N) is 1. The summed E-state index contributed by atoms with van der Waals surface area (Å²) >= 11 is 0. The molecule has 1 fully saturated rings. The van der Waals surface area contributed by atoms with Crippen LogP contribution in [0.15, 0.2) is 59.5 Å². The molecule has 28 heavy (non-hydrogen) atoms. The zero-order chi connectivity index (χ0) is 19.5. The fourth-order valence-electron chi connectivity index (χ4n) is 3.20. The number of hydrogen-bond acceptors (Lipinski definition) is 4. The Bertz CT molecular complexity index is 921. The Kier molecular flexibility index (Phi) is 7.22. The fourth-order valence-corrected chi connectivity index (χ4v) is 4.26. The van der Waals surface area contributed by atoms with E-state index in [1.807, 2.05) is 30.3 Å². The number of nitrogens with one attached hydrogen (secondary N) is 1. The monoisotopic (exact) mass is 423 g/mol. The van der Waals surface area contributed by atoms with E-state index in [0.717, 1.165) is 12.0 Å². The Balaban J connectivity index is 0.00000280. The lowest BCUT2D eigenvalue weighted by Gasteiger charge is -2.22. The minimum absolute atomic E-state index is 0. The Morgan fingerprint density at radius 2 is 1.89 bits per heavy atom. The molecule has 3 N–H and O–H groups in total. The molecule has 2 aromatic rings. The first-order valence-corrected chi connectivity index (χ1v) is 10.4. The van der Waals surface area contributed by atoms with E-state index in [1.54, 1.807) is 17.0 Å². The molecule has 0 saturated carbocycles. The van der Waals surface area contributed by atoms with Gasteiger partial charge in [-0.2, -0.15) is 0 Å². The largest absolute Gasteiger partial charge is 0.338 e. The van der Waals surface area contributed by atoms with Crippen LogP contribution in [-0.4, -0.2) is 38.9 Å². The van der Waals surface area contributed by atoms with Gasteiger partial charge in [0.2, 0.25) is 10.0 Å². The molecule has 1 aliphatic rings. The van der Waals surface area contributed by atoms with E-state index in [9.17, 15) is 13.2 Å². The van der Waals surface area contributed by atoms with E-state index in [-0.39, 0.29) is 35.2 Å². The van der Waals surface area contributed by atoms with Gasteiger partial charge in [-0.1, -0.05) is 43.3 Å². The van der Waals surface area contributed by atoms with Crippen LogP contribution in [0.4, 0.5) is 0 Å². The van der Waals surface area contributed by atoms with E-state index in [2.05, 4.69) is 11.6 Å². The Morgan fingerprint density at radius 3 is 2.54 bits per heavy atom. The molecule has 1 heterocycles. The summed E-state index contributed by atoms with van der Waals surface area (Å²) in [6, 6.07) is 15.5. The van der Waals surface area contributed by atoms with Gasteiger partial charge in [0.05, 0.1) is 4.90 Å². The third-order valence-corrected chi connectivity index (χ3v) is 6.44. The van der Waals surface area contributed by atoms with E-state index < -0.39 is 10.0 Å². The standard InChI is InChI=1S/C20H25N3O3S.ClH/c1-20(14-21)10-11-23(15-20)19(24)17-8-5-9-18(12-17)27(25,26)22-13-16-6-3-2-4-7-16;/h2-9,12,22H,10-11,13-15,21H2,1H3;1H. The number of sulfonamides is 1. The lowest BCUT2D eigenvalue weighted by atomic mass is 9.90. The topological polar surface area (TPSA) is 92.5 Å². The first-order valence-electron chi connectivity index (χ1n) is 8.96. The number of rotatable bonds is 6. The Morgan fingerprint density at radius 1 is 1.18 bits per heavy atom. The molecule has 8 heteroatoms. The summed E-state index contributed by atoms with van der Waals surface area (Å²) in [6.07, 6.45) is 0.853. The van der Waals surface area contributed by atoms with Gasteiger partial charge in [0, 0.05) is 25.2 Å². The van der Waals surface area contributed by atoms with Crippen molar-refractivity contribution in [1.82, 2.24) is 9.62 Å². The van der Waals surface area contributed by atoms with E-state index in [4.69, 9.17) is 5.73 Å². The second kappa shape index (κ2) is 9.05. The van der Waals surface area contributed by atoms with Gasteiger partial charge in [0.25, 0.3) is 5.91 Å². The van der Waals surface area contributed by atoms with Crippen molar-refractivity contribution in [3.63, 3.8) is 0 Å². The SMILES string of the molecule is CC1(CN)CCN(C(=O)c2cccc(S(=O)(=O)NCc3ccccc3)c2)C1.Cl. The average Bonchev–Trinajstić information content (AvgIpc) is 3.10. The summed E-state index contributed by atoms with van der Waals surface area (Å²) in [7, 11) is -3.71. The van der Waals surface area contributed by atoms with Crippen LogP contribution in [0.25, 0.3) is 0 Å². The molecule has 1 unspecified atom stereocenters. The molecular weight excluding hydrogens is 398 g/mol. The van der Waals surface area contributed by atoms with Crippen molar-refractivity contribution in [2.24, 2.45) is 11.1 Å². The van der Waals surface area contributed by atoms with Gasteiger partial charge in [0.15, 0.2) is 0 Å². The number of halogens is 1. The number of nitrogens with zero attached hydrogens (tertiary/aromatic N) is 1. The molecule has 1 saturated heterocycles. The summed E-state index contributed by atoms with van der Waals surface area (Å²) in [4.78, 5) is 14.6. The van der Waals surface area contributed by atoms with E-state index in [0.29, 0.717) is 25.2 Å². The normalized spacial score (nSPS) is 19.3. The van der Waals surface area contributed by atoms with Gasteiger partial charge in [-0.05, 0) is 42.1 Å². The number of amides is 1. The highest BCUT2D eigenvalue weighted by Gasteiger charge is 2.35. The molecule has 0 aromatic heterocycles. The zero-order valence-corrected chi connectivity index (χ0v) is 17.4. The molecule has 6 nitrogen and oxygen atoms in total. The molecule has 0 spiro atoms. The van der Waals surface area contributed by atoms with Crippen molar-refractivity contribution in [3.8, 4) is 0 Å². The lowest BCUT2D eigenvalue weighted by molar-refractivity contribution is 0.0776. The summed E-state index contributed by atoms with van der Waals surface area (Å²) in [5.74, 6) is -0.160. The zero-order valence-electron chi connectivity index (χ0n) is 15.8. The van der Waals surface area contributed by atoms with Gasteiger partial charge in [-0.25, -0.2) is 13.1 Å². The predicted molar refractivity (Wildman–Crippen MR) is 112 cm³/mol. The van der Waals surface area contributed by atoms with E-state index in [1.165, 1.54) is 12.1 Å². The summed E-state index contributed by atoms with van der Waals surface area (Å²) < 4.78 is 27.8. The highest BCUT2D eigenvalue weighted by atomic mass is 35.5. The van der Waals surface area contributed by atoms with Gasteiger partial charge in [0.1, 0.15) is 0 Å². The second-order valence-corrected chi connectivity index (χ2v) is 9.10. The van der Waals surface area contributed by atoms with Crippen LogP contribution in [0, 0.1) is 5.41 Å². The van der Waals surface area contributed by atoms with Crippen molar-refractivity contribution in [1.29, 1.82) is 0 Å². The molecule has 2 aromatic carbocycles. The van der Waals surface area contributed by atoms with Crippen LogP contribution in [0.2, 0.25) is 0 Å². The molecule has 1 atom stereocenters. The van der Waals surface area contributed by atoms with Crippen molar-refractivity contribution >= 4 is 28.3 Å². The van der Waals surface area contributed by atoms with Crippen molar-refractivity contribution in [2.75, 3.05) is 19.6 Å². The van der Waals surface area contributed by atoms with Crippen LogP contribution >= 0.6 is 12.4 Å². The minimum atomic E-state index is -3.71. The van der Waals surface area contributed by atoms with Gasteiger partial charge in [-0.3, -0.25) is 4.79 Å². The predicted octanol–water partition coefficient (Wildman–Crippen LogP) is 2.40. The third kappa shape index (κ3) is 5.11. The maximum atomic E-state index is 12.8. The van der Waals surface area contributed by atoms with Crippen LogP contribution in [0.1, 0.15) is 29.3 Å². The van der Waals surface area contributed by atoms with Gasteiger partial charge in [-0.15, -0.1) is 12.4 Å². The van der Waals surface area contributed by atoms with Crippen LogP contribution in [0.5, 0.6) is 0 Å². The summed E-state index contributed by atoms with van der Waals surface area (Å²) in [5, 5.41) is 0. The lowest BCUT2D eigenvalue weighted by Crippen LogP contribution is -2.34. The summed E-state index contributed by atoms with van der Waals surface area (Å²) in [5.41, 5.74) is 6.97. The number of likely N-dealkylation sites (tertiary alicyclic amines) is 1. The van der Waals surface area contributed by atoms with Crippen LogP contribution in [-0.2, 0) is 16.6 Å². The molecule has 0 aliphatic carbocycles. The Labute approximate surface area is 172 Å². The Hall–Kier alpha value is -1.93. The smallest absolute Gasteiger partial charge is 0.253 e. The average molecular weight is 424 g/mol. The first-order chi connectivity index (χ1) is 12.8. The molecule has 152 valence electrons. The number of carbonyl (C=O) groups is 1. The number of hydrogen-bond donors (Lipinski definition) is 2. The maximum Gasteiger partial charge on any atom is 0.253 e. The van der Waals surface area contributed by atoms with E-state index >= 15 is 0 Å². The maximum absolute atomic E-state index is 12.8. The molecule has 0 bridgehead atoms. The molecule has 1 amide bonds. The first kappa shape index (κ1) is 22.4. The minimum Gasteiger partial charge on any atom is -0.338 e. The third-order valence-electron chi connectivity index (χ3n) is 5.04. The van der Waals surface area contributed by atoms with Crippen molar-refractivity contribution < 1.29 is 13.2 Å². The summed E-state index contributed by atoms with van der Waals surface area (Å²) in [6.45, 7) is 4.01. The highest BCUT2D eigenvalue weighted by Crippen LogP contribution is 2.29. The van der Waals surface area contributed by atoms with Crippen LogP contribution in [0.3, 0.4) is 0 Å². The molecule has 3 rings (SSSR count). The quantitative estimate of drug-likeness (QED) is 0.746. The fraction of sp³-hybridized carbons (Fsp3) is 0.350. The number of benzene rings is 2. The second-order valence-electron chi connectivity index (χ2n) is 7.33. The molecule has 0 radical (unpaired) electrons. The van der Waals surface area contributed by atoms with Crippen molar-refractivity contribution in [2.45, 2.75) is 24.8 Å². The molecule has 1 aliphatic heterocycles. The van der Waals surface area contributed by atoms with Crippen LogP contribution < -0.4 is 10.5 Å². The highest BCUT2D eigenvalue weighted by molar-refractivity contribution is 7.89. The van der Waals surface area contributed by atoms with Gasteiger partial charge >= 0.3 is 0 Å². The van der Waals surface area contributed by atoms with Crippen molar-refractivity contribution in [3.05, 3.63) is 65.7 Å². The molecular formula is C20H26ClN3O3S. The number of carbonyl (C=O) groups excluding carboxylic acids is 1. The van der Waals surface area contributed by atoms with Gasteiger partial charge < -0.3 is 10.6 Å².